The number of rotatable bonds is 8. The Morgan fingerprint density at radius 1 is 1.20 bits per heavy atom. The number of thioether (sulfide) groups is 1. The van der Waals surface area contributed by atoms with E-state index in [0.717, 1.165) is 19.6 Å². The summed E-state index contributed by atoms with van der Waals surface area (Å²) in [6.45, 7) is 3.28. The molecule has 0 spiro atoms. The molecule has 1 aromatic carbocycles. The summed E-state index contributed by atoms with van der Waals surface area (Å²) >= 11 is 1.96. The van der Waals surface area contributed by atoms with E-state index in [1.807, 2.05) is 11.8 Å². The first kappa shape index (κ1) is 15.9. The Bertz CT molecular complexity index is 381. The number of unbranched alkanes of at least 4 members (excludes halogenated alkanes) is 3. The highest BCUT2D eigenvalue weighted by Crippen LogP contribution is 2.23. The number of hydrogen-bond donors (Lipinski definition) is 2. The van der Waals surface area contributed by atoms with Crippen LogP contribution in [0.25, 0.3) is 0 Å². The molecule has 20 heavy (non-hydrogen) atoms. The fourth-order valence-corrected chi connectivity index (χ4v) is 3.37. The number of nitrogens with one attached hydrogen (secondary N) is 2. The Labute approximate surface area is 128 Å². The first-order valence-electron chi connectivity index (χ1n) is 7.92. The number of benzene rings is 1. The lowest BCUT2D eigenvalue weighted by Gasteiger charge is -2.19. The van der Waals surface area contributed by atoms with Crippen molar-refractivity contribution >= 4 is 11.8 Å². The molecule has 1 heterocycles. The van der Waals surface area contributed by atoms with Gasteiger partial charge >= 0.3 is 0 Å². The van der Waals surface area contributed by atoms with E-state index in [1.54, 1.807) is 0 Å². The molecule has 0 bridgehead atoms. The summed E-state index contributed by atoms with van der Waals surface area (Å²) in [5, 5.41) is 7.28. The molecule has 1 aromatic rings. The largest absolute Gasteiger partial charge is 0.313 e. The van der Waals surface area contributed by atoms with E-state index in [2.05, 4.69) is 41.2 Å². The van der Waals surface area contributed by atoms with Crippen LogP contribution in [0.2, 0.25) is 0 Å². The van der Waals surface area contributed by atoms with Crippen LogP contribution in [0.4, 0.5) is 0 Å². The summed E-state index contributed by atoms with van der Waals surface area (Å²) in [5.41, 5.74) is 2.96. The van der Waals surface area contributed by atoms with Crippen LogP contribution in [0.1, 0.15) is 49.3 Å². The fraction of sp³-hybridized carbons (Fsp3) is 0.647. The summed E-state index contributed by atoms with van der Waals surface area (Å²) in [5.74, 6) is 1.31. The highest BCUT2D eigenvalue weighted by Gasteiger charge is 2.16. The average molecular weight is 292 g/mol. The molecule has 0 saturated carbocycles. The Kier molecular flexibility index (Phi) is 7.48. The molecule has 1 aliphatic heterocycles. The minimum absolute atomic E-state index is 0.535. The van der Waals surface area contributed by atoms with E-state index < -0.39 is 0 Å². The van der Waals surface area contributed by atoms with E-state index in [-0.39, 0.29) is 0 Å². The lowest BCUT2D eigenvalue weighted by Crippen LogP contribution is -2.24. The van der Waals surface area contributed by atoms with Crippen LogP contribution in [0.5, 0.6) is 0 Å². The monoisotopic (exact) mass is 292 g/mol. The molecule has 112 valence electrons. The second kappa shape index (κ2) is 9.43. The molecule has 1 atom stereocenters. The number of hydrogen-bond acceptors (Lipinski definition) is 3. The van der Waals surface area contributed by atoms with E-state index in [9.17, 15) is 0 Å². The van der Waals surface area contributed by atoms with Gasteiger partial charge in [-0.3, -0.25) is 0 Å². The molecule has 1 aliphatic rings. The van der Waals surface area contributed by atoms with Crippen LogP contribution in [-0.4, -0.2) is 25.1 Å². The van der Waals surface area contributed by atoms with Gasteiger partial charge in [-0.1, -0.05) is 37.1 Å². The SMILES string of the molecule is CSCCCCCCNC1CCNCc2ccccc21. The molecule has 0 aliphatic carbocycles. The molecule has 2 N–H and O–H groups in total. The second-order valence-electron chi connectivity index (χ2n) is 5.58. The molecule has 2 nitrogen and oxygen atoms in total. The van der Waals surface area contributed by atoms with Gasteiger partial charge in [0.2, 0.25) is 0 Å². The number of fused-ring (bicyclic) bond motifs is 1. The van der Waals surface area contributed by atoms with Gasteiger partial charge in [0.15, 0.2) is 0 Å². The highest BCUT2D eigenvalue weighted by molar-refractivity contribution is 7.98. The first-order chi connectivity index (χ1) is 9.92. The van der Waals surface area contributed by atoms with Crippen molar-refractivity contribution in [2.24, 2.45) is 0 Å². The van der Waals surface area contributed by atoms with E-state index >= 15 is 0 Å². The maximum absolute atomic E-state index is 3.76. The Balaban J connectivity index is 1.72. The van der Waals surface area contributed by atoms with Crippen molar-refractivity contribution in [3.8, 4) is 0 Å². The Morgan fingerprint density at radius 2 is 2.05 bits per heavy atom. The molecule has 0 amide bonds. The standard InChI is InChI=1S/C17H28N2S/c1-20-13-7-3-2-6-11-19-17-10-12-18-14-15-8-4-5-9-16(15)17/h4-5,8-9,17-19H,2-3,6-7,10-14H2,1H3. The van der Waals surface area contributed by atoms with E-state index in [1.165, 1.54) is 49.0 Å². The van der Waals surface area contributed by atoms with Crippen molar-refractivity contribution in [2.45, 2.75) is 44.7 Å². The summed E-state index contributed by atoms with van der Waals surface area (Å²) in [6.07, 6.45) is 8.81. The van der Waals surface area contributed by atoms with Gasteiger partial charge in [-0.15, -0.1) is 0 Å². The van der Waals surface area contributed by atoms with Crippen LogP contribution in [0, 0.1) is 0 Å². The smallest absolute Gasteiger partial charge is 0.0335 e. The Hall–Kier alpha value is -0.510. The zero-order valence-corrected chi connectivity index (χ0v) is 13.5. The zero-order valence-electron chi connectivity index (χ0n) is 12.7. The maximum atomic E-state index is 3.76. The maximum Gasteiger partial charge on any atom is 0.0335 e. The van der Waals surface area contributed by atoms with Crippen molar-refractivity contribution in [3.63, 3.8) is 0 Å². The topological polar surface area (TPSA) is 24.1 Å². The Morgan fingerprint density at radius 3 is 2.95 bits per heavy atom. The fourth-order valence-electron chi connectivity index (χ4n) is 2.87. The quantitative estimate of drug-likeness (QED) is 0.714. The summed E-state index contributed by atoms with van der Waals surface area (Å²) in [6, 6.07) is 9.39. The van der Waals surface area contributed by atoms with Crippen molar-refractivity contribution < 1.29 is 0 Å². The molecule has 0 aromatic heterocycles. The molecule has 0 fully saturated rings. The lowest BCUT2D eigenvalue weighted by molar-refractivity contribution is 0.481. The van der Waals surface area contributed by atoms with E-state index in [0.29, 0.717) is 6.04 Å². The van der Waals surface area contributed by atoms with Gasteiger partial charge in [0, 0.05) is 12.6 Å². The summed E-state index contributed by atoms with van der Waals surface area (Å²) in [7, 11) is 0. The van der Waals surface area contributed by atoms with Gasteiger partial charge in [0.05, 0.1) is 0 Å². The van der Waals surface area contributed by atoms with Crippen LogP contribution < -0.4 is 10.6 Å². The van der Waals surface area contributed by atoms with Crippen LogP contribution in [0.3, 0.4) is 0 Å². The predicted octanol–water partition coefficient (Wildman–Crippen LogP) is 3.73. The van der Waals surface area contributed by atoms with Crippen LogP contribution in [0.15, 0.2) is 24.3 Å². The average Bonchev–Trinajstić information content (AvgIpc) is 2.69. The molecule has 1 unspecified atom stereocenters. The zero-order chi connectivity index (χ0) is 14.0. The van der Waals surface area contributed by atoms with E-state index in [4.69, 9.17) is 0 Å². The minimum Gasteiger partial charge on any atom is -0.313 e. The van der Waals surface area contributed by atoms with Gasteiger partial charge in [-0.2, -0.15) is 11.8 Å². The third-order valence-corrected chi connectivity index (χ3v) is 4.72. The van der Waals surface area contributed by atoms with Gasteiger partial charge < -0.3 is 10.6 Å². The molecule has 0 radical (unpaired) electrons. The second-order valence-corrected chi connectivity index (χ2v) is 6.56. The van der Waals surface area contributed by atoms with Crippen molar-refractivity contribution in [1.29, 1.82) is 0 Å². The highest BCUT2D eigenvalue weighted by atomic mass is 32.2. The normalized spacial score (nSPS) is 18.6. The molecular weight excluding hydrogens is 264 g/mol. The summed E-state index contributed by atoms with van der Waals surface area (Å²) < 4.78 is 0. The summed E-state index contributed by atoms with van der Waals surface area (Å²) in [4.78, 5) is 0. The van der Waals surface area contributed by atoms with Gasteiger partial charge in [-0.05, 0) is 55.5 Å². The molecule has 3 heteroatoms. The van der Waals surface area contributed by atoms with Crippen LogP contribution in [-0.2, 0) is 6.54 Å². The minimum atomic E-state index is 0.535. The van der Waals surface area contributed by atoms with Crippen LogP contribution >= 0.6 is 11.8 Å². The van der Waals surface area contributed by atoms with Crippen molar-refractivity contribution in [3.05, 3.63) is 35.4 Å². The molecule has 0 saturated heterocycles. The van der Waals surface area contributed by atoms with Crippen molar-refractivity contribution in [2.75, 3.05) is 25.1 Å². The van der Waals surface area contributed by atoms with Gasteiger partial charge in [0.1, 0.15) is 0 Å². The van der Waals surface area contributed by atoms with Crippen molar-refractivity contribution in [1.82, 2.24) is 10.6 Å². The lowest BCUT2D eigenvalue weighted by atomic mass is 9.99. The molecule has 2 rings (SSSR count). The predicted molar refractivity (Wildman–Crippen MR) is 90.4 cm³/mol. The molecular formula is C17H28N2S. The first-order valence-corrected chi connectivity index (χ1v) is 9.32. The van der Waals surface area contributed by atoms with Gasteiger partial charge in [-0.25, -0.2) is 0 Å². The van der Waals surface area contributed by atoms with Gasteiger partial charge in [0.25, 0.3) is 0 Å². The third kappa shape index (κ3) is 5.12. The third-order valence-electron chi connectivity index (χ3n) is 4.02.